The van der Waals surface area contributed by atoms with E-state index < -0.39 is 0 Å². The van der Waals surface area contributed by atoms with E-state index in [1.807, 2.05) is 38.1 Å². The molecule has 6 heteroatoms. The molecule has 0 radical (unpaired) electrons. The third kappa shape index (κ3) is 5.33. The van der Waals surface area contributed by atoms with Gasteiger partial charge in [0.15, 0.2) is 0 Å². The highest BCUT2D eigenvalue weighted by Crippen LogP contribution is 2.27. The number of thiazole rings is 1. The number of rotatable bonds is 5. The topological polar surface area (TPSA) is 51.2 Å². The van der Waals surface area contributed by atoms with Gasteiger partial charge in [0.1, 0.15) is 5.75 Å². The standard InChI is InChI=1S/C20H19ClN2O2S.C2H6/c1-12(2)20-23-18(11-26-20)13-4-6-14(7-5-13)22-19(24)16-9-8-15(25-3)10-17(16)21;1-2/h4-12H,1-3H3,(H,22,24);1-2H3. The predicted octanol–water partition coefficient (Wildman–Crippen LogP) is 6.87. The number of methoxy groups -OCH3 is 1. The number of carbonyl (C=O) groups is 1. The lowest BCUT2D eigenvalue weighted by Crippen LogP contribution is -2.12. The van der Waals surface area contributed by atoms with Crippen molar-refractivity contribution in [1.29, 1.82) is 0 Å². The minimum absolute atomic E-state index is 0.263. The van der Waals surface area contributed by atoms with Gasteiger partial charge in [0.2, 0.25) is 0 Å². The Kier molecular flexibility index (Phi) is 8.03. The van der Waals surface area contributed by atoms with Gasteiger partial charge in [-0.1, -0.05) is 51.4 Å². The Balaban J connectivity index is 0.00000136. The van der Waals surface area contributed by atoms with E-state index in [4.69, 9.17) is 16.3 Å². The summed E-state index contributed by atoms with van der Waals surface area (Å²) in [6, 6.07) is 12.6. The monoisotopic (exact) mass is 416 g/mol. The molecule has 1 aromatic heterocycles. The first kappa shape index (κ1) is 21.9. The van der Waals surface area contributed by atoms with Crippen LogP contribution in [-0.4, -0.2) is 18.0 Å². The number of amides is 1. The van der Waals surface area contributed by atoms with Gasteiger partial charge in [-0.3, -0.25) is 4.79 Å². The Morgan fingerprint density at radius 3 is 2.36 bits per heavy atom. The number of benzene rings is 2. The van der Waals surface area contributed by atoms with Crippen molar-refractivity contribution < 1.29 is 9.53 Å². The van der Waals surface area contributed by atoms with Gasteiger partial charge in [-0.2, -0.15) is 0 Å². The lowest BCUT2D eigenvalue weighted by Gasteiger charge is -2.08. The average molecular weight is 417 g/mol. The largest absolute Gasteiger partial charge is 0.497 e. The molecule has 0 atom stereocenters. The number of aromatic nitrogens is 1. The number of carbonyl (C=O) groups excluding carboxylic acids is 1. The molecule has 148 valence electrons. The number of hydrogen-bond donors (Lipinski definition) is 1. The SMILES string of the molecule is CC.COc1ccc(C(=O)Nc2ccc(-c3csc(C(C)C)n3)cc2)c(Cl)c1. The first-order valence-electron chi connectivity index (χ1n) is 9.18. The molecule has 0 saturated heterocycles. The molecule has 1 amide bonds. The molecule has 0 saturated carbocycles. The quantitative estimate of drug-likeness (QED) is 0.493. The van der Waals surface area contributed by atoms with E-state index in [-0.39, 0.29) is 5.91 Å². The van der Waals surface area contributed by atoms with Crippen molar-refractivity contribution in [2.45, 2.75) is 33.6 Å². The average Bonchev–Trinajstić information content (AvgIpc) is 3.20. The van der Waals surface area contributed by atoms with Crippen LogP contribution in [-0.2, 0) is 0 Å². The second kappa shape index (κ2) is 10.2. The molecule has 3 aromatic rings. The van der Waals surface area contributed by atoms with Crippen LogP contribution in [0.1, 0.15) is 49.0 Å². The van der Waals surface area contributed by atoms with E-state index in [0.717, 1.165) is 16.3 Å². The first-order chi connectivity index (χ1) is 13.5. The van der Waals surface area contributed by atoms with Gasteiger partial charge in [-0.15, -0.1) is 11.3 Å². The van der Waals surface area contributed by atoms with Crippen LogP contribution in [0.3, 0.4) is 0 Å². The second-order valence-electron chi connectivity index (χ2n) is 6.10. The van der Waals surface area contributed by atoms with Crippen molar-refractivity contribution in [3.05, 3.63) is 63.4 Å². The molecule has 28 heavy (non-hydrogen) atoms. The second-order valence-corrected chi connectivity index (χ2v) is 7.40. The van der Waals surface area contributed by atoms with Crippen molar-refractivity contribution in [2.75, 3.05) is 12.4 Å². The Morgan fingerprint density at radius 1 is 1.14 bits per heavy atom. The van der Waals surface area contributed by atoms with Crippen molar-refractivity contribution in [1.82, 2.24) is 4.98 Å². The van der Waals surface area contributed by atoms with Crippen molar-refractivity contribution in [3.8, 4) is 17.0 Å². The molecular formula is C22H25ClN2O2S. The lowest BCUT2D eigenvalue weighted by molar-refractivity contribution is 0.102. The Morgan fingerprint density at radius 2 is 1.82 bits per heavy atom. The number of nitrogens with one attached hydrogen (secondary N) is 1. The van der Waals surface area contributed by atoms with Crippen molar-refractivity contribution >= 4 is 34.5 Å². The molecule has 0 unspecified atom stereocenters. The zero-order valence-corrected chi connectivity index (χ0v) is 18.3. The van der Waals surface area contributed by atoms with E-state index >= 15 is 0 Å². The van der Waals surface area contributed by atoms with Crippen LogP contribution in [0.15, 0.2) is 47.8 Å². The molecule has 3 rings (SSSR count). The molecule has 1 heterocycles. The molecule has 0 fully saturated rings. The summed E-state index contributed by atoms with van der Waals surface area (Å²) < 4.78 is 5.10. The summed E-state index contributed by atoms with van der Waals surface area (Å²) in [7, 11) is 1.55. The maximum Gasteiger partial charge on any atom is 0.257 e. The number of ether oxygens (including phenoxy) is 1. The van der Waals surface area contributed by atoms with Gasteiger partial charge in [-0.25, -0.2) is 4.98 Å². The fourth-order valence-corrected chi connectivity index (χ4v) is 3.52. The van der Waals surface area contributed by atoms with E-state index in [9.17, 15) is 4.79 Å². The summed E-state index contributed by atoms with van der Waals surface area (Å²) in [5.41, 5.74) is 3.07. The lowest BCUT2D eigenvalue weighted by atomic mass is 10.1. The maximum atomic E-state index is 12.4. The van der Waals surface area contributed by atoms with Gasteiger partial charge in [-0.05, 0) is 30.3 Å². The van der Waals surface area contributed by atoms with Crippen molar-refractivity contribution in [3.63, 3.8) is 0 Å². The number of hydrogen-bond acceptors (Lipinski definition) is 4. The third-order valence-corrected chi connectivity index (χ3v) is 5.33. The molecule has 0 aliphatic carbocycles. The maximum absolute atomic E-state index is 12.4. The van der Waals surface area contributed by atoms with Crippen LogP contribution >= 0.6 is 22.9 Å². The molecule has 0 spiro atoms. The summed E-state index contributed by atoms with van der Waals surface area (Å²) in [4.78, 5) is 17.1. The summed E-state index contributed by atoms with van der Waals surface area (Å²) in [5.74, 6) is 0.766. The summed E-state index contributed by atoms with van der Waals surface area (Å²) in [5, 5.41) is 6.38. The number of halogens is 1. The van der Waals surface area contributed by atoms with Crippen LogP contribution in [0, 0.1) is 0 Å². The van der Waals surface area contributed by atoms with Crippen LogP contribution in [0.5, 0.6) is 5.75 Å². The zero-order chi connectivity index (χ0) is 20.7. The highest BCUT2D eigenvalue weighted by Gasteiger charge is 2.12. The third-order valence-electron chi connectivity index (χ3n) is 3.88. The van der Waals surface area contributed by atoms with Crippen LogP contribution in [0.4, 0.5) is 5.69 Å². The van der Waals surface area contributed by atoms with Crippen LogP contribution < -0.4 is 10.1 Å². The molecule has 2 aromatic carbocycles. The predicted molar refractivity (Wildman–Crippen MR) is 119 cm³/mol. The highest BCUT2D eigenvalue weighted by atomic mass is 35.5. The number of anilines is 1. The van der Waals surface area contributed by atoms with Crippen molar-refractivity contribution in [2.24, 2.45) is 0 Å². The van der Waals surface area contributed by atoms with Gasteiger partial charge in [0.05, 0.1) is 28.4 Å². The highest BCUT2D eigenvalue weighted by molar-refractivity contribution is 7.10. The van der Waals surface area contributed by atoms with E-state index in [0.29, 0.717) is 27.9 Å². The Labute approximate surface area is 175 Å². The molecule has 4 nitrogen and oxygen atoms in total. The minimum Gasteiger partial charge on any atom is -0.497 e. The van der Waals surface area contributed by atoms with Crippen LogP contribution in [0.25, 0.3) is 11.3 Å². The molecular weight excluding hydrogens is 392 g/mol. The summed E-state index contributed by atoms with van der Waals surface area (Å²) >= 11 is 7.82. The fourth-order valence-electron chi connectivity index (χ4n) is 2.42. The summed E-state index contributed by atoms with van der Waals surface area (Å²) in [6.45, 7) is 8.26. The zero-order valence-electron chi connectivity index (χ0n) is 16.7. The molecule has 0 aliphatic heterocycles. The number of nitrogens with zero attached hydrogens (tertiary/aromatic N) is 1. The van der Waals surface area contributed by atoms with E-state index in [1.165, 1.54) is 0 Å². The minimum atomic E-state index is -0.263. The molecule has 0 bridgehead atoms. The van der Waals surface area contributed by atoms with Gasteiger partial charge >= 0.3 is 0 Å². The van der Waals surface area contributed by atoms with E-state index in [2.05, 4.69) is 29.5 Å². The van der Waals surface area contributed by atoms with Crippen LogP contribution in [0.2, 0.25) is 5.02 Å². The molecule has 0 aliphatic rings. The normalized spacial score (nSPS) is 10.2. The Hall–Kier alpha value is -2.37. The van der Waals surface area contributed by atoms with Gasteiger partial charge in [0, 0.05) is 22.5 Å². The first-order valence-corrected chi connectivity index (χ1v) is 10.4. The van der Waals surface area contributed by atoms with E-state index in [1.54, 1.807) is 36.6 Å². The summed E-state index contributed by atoms with van der Waals surface area (Å²) in [6.07, 6.45) is 0. The Bertz CT molecular complexity index is 921. The fraction of sp³-hybridized carbons (Fsp3) is 0.273. The van der Waals surface area contributed by atoms with Gasteiger partial charge in [0.25, 0.3) is 5.91 Å². The molecule has 1 N–H and O–H groups in total. The van der Waals surface area contributed by atoms with Gasteiger partial charge < -0.3 is 10.1 Å². The smallest absolute Gasteiger partial charge is 0.257 e.